The van der Waals surface area contributed by atoms with E-state index >= 15 is 0 Å². The van der Waals surface area contributed by atoms with Crippen molar-refractivity contribution in [3.8, 4) is 11.3 Å². The van der Waals surface area contributed by atoms with Crippen molar-refractivity contribution >= 4 is 22.6 Å². The number of hydrogen-bond donors (Lipinski definition) is 1. The average molecular weight is 430 g/mol. The largest absolute Gasteiger partial charge is 1.00 e. The summed E-state index contributed by atoms with van der Waals surface area (Å²) in [6.45, 7) is 4.84. The molecule has 0 atom stereocenters. The normalized spacial score (nSPS) is 10.4. The molecular formula is C21H24BrN3O2. The highest BCUT2D eigenvalue weighted by molar-refractivity contribution is 5.98. The predicted molar refractivity (Wildman–Crippen MR) is 102 cm³/mol. The lowest BCUT2D eigenvalue weighted by Gasteiger charge is -2.10. The van der Waals surface area contributed by atoms with Gasteiger partial charge in [-0.2, -0.15) is 0 Å². The molecule has 0 fully saturated rings. The quantitative estimate of drug-likeness (QED) is 0.455. The van der Waals surface area contributed by atoms with Gasteiger partial charge in [-0.3, -0.25) is 10.5 Å². The van der Waals surface area contributed by atoms with Crippen LogP contribution in [0.25, 0.3) is 22.0 Å². The lowest BCUT2D eigenvalue weighted by atomic mass is 10.0. The number of anilines is 1. The minimum atomic E-state index is -0.189. The van der Waals surface area contributed by atoms with E-state index in [2.05, 4.69) is 31.2 Å². The Labute approximate surface area is 169 Å². The van der Waals surface area contributed by atoms with E-state index in [1.54, 1.807) is 4.68 Å². The van der Waals surface area contributed by atoms with Crippen LogP contribution in [0.15, 0.2) is 48.5 Å². The van der Waals surface area contributed by atoms with Gasteiger partial charge in [0.05, 0.1) is 12.0 Å². The fourth-order valence-corrected chi connectivity index (χ4v) is 2.98. The Bertz CT molecular complexity index is 927. The molecule has 0 amide bonds. The van der Waals surface area contributed by atoms with E-state index in [0.717, 1.165) is 22.0 Å². The Morgan fingerprint density at radius 2 is 1.78 bits per heavy atom. The maximum atomic E-state index is 11.6. The number of esters is 1. The van der Waals surface area contributed by atoms with Crippen LogP contribution in [0.5, 0.6) is 0 Å². The number of aromatic nitrogens is 2. The van der Waals surface area contributed by atoms with Crippen molar-refractivity contribution in [2.24, 2.45) is 0 Å². The number of halogens is 1. The number of fused-ring (bicyclic) bond motifs is 1. The third kappa shape index (κ3) is 4.83. The molecule has 3 aromatic rings. The highest BCUT2D eigenvalue weighted by atomic mass is 79.9. The molecule has 27 heavy (non-hydrogen) atoms. The van der Waals surface area contributed by atoms with Gasteiger partial charge in [0.15, 0.2) is 0 Å². The van der Waals surface area contributed by atoms with Gasteiger partial charge in [0.1, 0.15) is 12.2 Å². The number of nitrogens with two attached hydrogens (primary N) is 1. The van der Waals surface area contributed by atoms with Crippen molar-refractivity contribution in [2.45, 2.75) is 33.2 Å². The number of carbonyl (C=O) groups is 1. The molecule has 2 aromatic carbocycles. The van der Waals surface area contributed by atoms with Crippen molar-refractivity contribution in [2.75, 3.05) is 12.3 Å². The van der Waals surface area contributed by atoms with Crippen molar-refractivity contribution in [1.82, 2.24) is 5.10 Å². The maximum Gasteiger partial charge on any atom is 0.305 e. The van der Waals surface area contributed by atoms with Crippen molar-refractivity contribution in [1.29, 1.82) is 0 Å². The fraction of sp³-hybridized carbons (Fsp3) is 0.286. The lowest BCUT2D eigenvalue weighted by molar-refractivity contribution is -0.738. The third-order valence-corrected chi connectivity index (χ3v) is 4.34. The van der Waals surface area contributed by atoms with Crippen LogP contribution in [-0.2, 0) is 16.1 Å². The molecule has 1 aromatic heterocycles. The summed E-state index contributed by atoms with van der Waals surface area (Å²) in [5, 5.41) is 6.77. The maximum absolute atomic E-state index is 11.6. The number of carbonyl (C=O) groups excluding carboxylic acids is 1. The molecule has 0 aliphatic heterocycles. The Kier molecular flexibility index (Phi) is 7.30. The average Bonchev–Trinajstić information content (AvgIpc) is 2.65. The van der Waals surface area contributed by atoms with Gasteiger partial charge >= 0.3 is 11.8 Å². The van der Waals surface area contributed by atoms with Crippen LogP contribution >= 0.6 is 0 Å². The second-order valence-electron chi connectivity index (χ2n) is 6.28. The molecule has 0 bridgehead atoms. The molecule has 0 radical (unpaired) electrons. The van der Waals surface area contributed by atoms with Crippen LogP contribution in [0, 0.1) is 6.92 Å². The number of benzene rings is 2. The molecule has 0 saturated heterocycles. The first-order valence-electron chi connectivity index (χ1n) is 8.91. The molecule has 0 aliphatic carbocycles. The Morgan fingerprint density at radius 1 is 1.11 bits per heavy atom. The zero-order valence-electron chi connectivity index (χ0n) is 15.6. The summed E-state index contributed by atoms with van der Waals surface area (Å²) in [6.07, 6.45) is 0.987. The van der Waals surface area contributed by atoms with Gasteiger partial charge in [0.25, 0.3) is 0 Å². The van der Waals surface area contributed by atoms with E-state index in [-0.39, 0.29) is 23.0 Å². The van der Waals surface area contributed by atoms with Crippen molar-refractivity contribution in [3.05, 3.63) is 54.1 Å². The van der Waals surface area contributed by atoms with Crippen LogP contribution in [-0.4, -0.2) is 17.7 Å². The smallest absolute Gasteiger partial charge is 0.305 e. The second kappa shape index (κ2) is 9.46. The van der Waals surface area contributed by atoms with Gasteiger partial charge in [0.2, 0.25) is 0 Å². The number of rotatable bonds is 6. The summed E-state index contributed by atoms with van der Waals surface area (Å²) < 4.78 is 6.77. The summed E-state index contributed by atoms with van der Waals surface area (Å²) in [5.74, 6) is 0.423. The van der Waals surface area contributed by atoms with Gasteiger partial charge < -0.3 is 21.7 Å². The number of nitrogen functional groups attached to an aromatic ring is 1. The van der Waals surface area contributed by atoms with E-state index < -0.39 is 0 Å². The third-order valence-electron chi connectivity index (χ3n) is 4.34. The number of hydrogen-bond acceptors (Lipinski definition) is 4. The van der Waals surface area contributed by atoms with Gasteiger partial charge in [-0.25, -0.2) is 0 Å². The van der Waals surface area contributed by atoms with E-state index in [9.17, 15) is 4.79 Å². The lowest BCUT2D eigenvalue weighted by Crippen LogP contribution is -3.00. The molecule has 3 rings (SSSR count). The summed E-state index contributed by atoms with van der Waals surface area (Å²) in [5.41, 5.74) is 9.50. The SMILES string of the molecule is CCOC(=O)CCC[n+]1nc(-c2ccc(C)cc2)c2ccccc2c1N.[Br-]. The Hall–Kier alpha value is -2.47. The highest BCUT2D eigenvalue weighted by Crippen LogP contribution is 2.28. The second-order valence-corrected chi connectivity index (χ2v) is 6.28. The zero-order chi connectivity index (χ0) is 18.5. The van der Waals surface area contributed by atoms with Crippen LogP contribution in [0.1, 0.15) is 25.3 Å². The fourth-order valence-electron chi connectivity index (χ4n) is 2.98. The van der Waals surface area contributed by atoms with Gasteiger partial charge in [-0.1, -0.05) is 53.1 Å². The van der Waals surface area contributed by atoms with E-state index in [4.69, 9.17) is 15.6 Å². The minimum Gasteiger partial charge on any atom is -1.00 e. The molecule has 0 spiro atoms. The zero-order valence-corrected chi connectivity index (χ0v) is 17.2. The summed E-state index contributed by atoms with van der Waals surface area (Å²) in [7, 11) is 0. The first-order chi connectivity index (χ1) is 12.6. The van der Waals surface area contributed by atoms with Gasteiger partial charge in [0, 0.05) is 17.4 Å². The van der Waals surface area contributed by atoms with Crippen LogP contribution in [0.4, 0.5) is 5.82 Å². The van der Waals surface area contributed by atoms with Crippen molar-refractivity contribution < 1.29 is 31.2 Å². The monoisotopic (exact) mass is 429 g/mol. The van der Waals surface area contributed by atoms with E-state index in [1.165, 1.54) is 5.56 Å². The molecular weight excluding hydrogens is 406 g/mol. The Balaban J connectivity index is 0.00000261. The molecule has 0 saturated carbocycles. The number of ether oxygens (including phenoxy) is 1. The molecule has 2 N–H and O–H groups in total. The topological polar surface area (TPSA) is 69.1 Å². The molecule has 0 aliphatic rings. The molecule has 6 heteroatoms. The highest BCUT2D eigenvalue weighted by Gasteiger charge is 2.17. The molecule has 1 heterocycles. The van der Waals surface area contributed by atoms with Crippen LogP contribution in [0.2, 0.25) is 0 Å². The molecule has 142 valence electrons. The summed E-state index contributed by atoms with van der Waals surface area (Å²) >= 11 is 0. The van der Waals surface area contributed by atoms with Crippen LogP contribution < -0.4 is 27.4 Å². The van der Waals surface area contributed by atoms with E-state index in [0.29, 0.717) is 31.8 Å². The number of aryl methyl sites for hydroxylation is 2. The summed E-state index contributed by atoms with van der Waals surface area (Å²) in [4.78, 5) is 11.6. The minimum absolute atomic E-state index is 0. The molecule has 0 unspecified atom stereocenters. The van der Waals surface area contributed by atoms with E-state index in [1.807, 2.05) is 31.2 Å². The standard InChI is InChI=1S/C21H23N3O2.BrH/c1-3-26-19(25)9-6-14-24-21(22)18-8-5-4-7-17(18)20(23-24)16-12-10-15(2)11-13-16;/h4-5,7-8,10-13,22H,3,6,9,14H2,1-2H3;1H. The van der Waals surface area contributed by atoms with Gasteiger partial charge in [-0.05, 0) is 26.3 Å². The first kappa shape index (κ1) is 20.8. The van der Waals surface area contributed by atoms with Crippen LogP contribution in [0.3, 0.4) is 0 Å². The molecule has 5 nitrogen and oxygen atoms in total. The predicted octanol–water partition coefficient (Wildman–Crippen LogP) is 0.427. The summed E-state index contributed by atoms with van der Waals surface area (Å²) in [6, 6.07) is 16.3. The number of nitrogens with zero attached hydrogens (tertiary/aromatic N) is 2. The van der Waals surface area contributed by atoms with Gasteiger partial charge in [-0.15, -0.1) is 4.68 Å². The van der Waals surface area contributed by atoms with Crippen molar-refractivity contribution in [3.63, 3.8) is 0 Å². The first-order valence-corrected chi connectivity index (χ1v) is 8.91. The Morgan fingerprint density at radius 3 is 2.44 bits per heavy atom.